The Morgan fingerprint density at radius 1 is 1.25 bits per heavy atom. The van der Waals surface area contributed by atoms with E-state index in [4.69, 9.17) is 0 Å². The molecule has 1 aromatic heterocycles. The van der Waals surface area contributed by atoms with Gasteiger partial charge in [0, 0.05) is 6.54 Å². The summed E-state index contributed by atoms with van der Waals surface area (Å²) >= 11 is 0. The second kappa shape index (κ2) is 3.34. The van der Waals surface area contributed by atoms with Crippen LogP contribution in [0.1, 0.15) is 12.5 Å². The third-order valence-corrected chi connectivity index (χ3v) is 3.18. The molecule has 0 spiro atoms. The first kappa shape index (κ1) is 9.40. The van der Waals surface area contributed by atoms with Crippen molar-refractivity contribution in [3.05, 3.63) is 42.2 Å². The van der Waals surface area contributed by atoms with Crippen molar-refractivity contribution in [2.45, 2.75) is 20.4 Å². The van der Waals surface area contributed by atoms with Crippen molar-refractivity contribution in [2.24, 2.45) is 0 Å². The van der Waals surface area contributed by atoms with Crippen LogP contribution in [0.25, 0.3) is 21.8 Å². The molecule has 16 heavy (non-hydrogen) atoms. The van der Waals surface area contributed by atoms with E-state index >= 15 is 0 Å². The molecule has 3 aromatic rings. The van der Waals surface area contributed by atoms with Crippen molar-refractivity contribution < 1.29 is 0 Å². The molecule has 0 amide bonds. The molecule has 2 nitrogen and oxygen atoms in total. The van der Waals surface area contributed by atoms with E-state index in [1.165, 1.54) is 21.9 Å². The summed E-state index contributed by atoms with van der Waals surface area (Å²) in [6.45, 7) is 5.25. The van der Waals surface area contributed by atoms with E-state index in [9.17, 15) is 0 Å². The minimum atomic E-state index is 0.966. The fourth-order valence-corrected chi connectivity index (χ4v) is 2.24. The van der Waals surface area contributed by atoms with Crippen molar-refractivity contribution in [1.29, 1.82) is 0 Å². The monoisotopic (exact) mass is 210 g/mol. The maximum atomic E-state index is 4.44. The molecule has 0 aliphatic rings. The SMILES string of the molecule is CCn1cnc2cc3c(C)cccc3cc21. The first-order valence-corrected chi connectivity index (χ1v) is 5.64. The molecule has 0 unspecified atom stereocenters. The van der Waals surface area contributed by atoms with Crippen molar-refractivity contribution >= 4 is 21.8 Å². The van der Waals surface area contributed by atoms with Gasteiger partial charge >= 0.3 is 0 Å². The summed E-state index contributed by atoms with van der Waals surface area (Å²) in [6, 6.07) is 10.8. The zero-order valence-corrected chi connectivity index (χ0v) is 9.57. The summed E-state index contributed by atoms with van der Waals surface area (Å²) in [4.78, 5) is 4.44. The summed E-state index contributed by atoms with van der Waals surface area (Å²) in [5, 5.41) is 2.60. The molecule has 1 heterocycles. The maximum Gasteiger partial charge on any atom is 0.0958 e. The summed E-state index contributed by atoms with van der Waals surface area (Å²) in [6.07, 6.45) is 1.92. The summed E-state index contributed by atoms with van der Waals surface area (Å²) in [5.41, 5.74) is 3.62. The van der Waals surface area contributed by atoms with E-state index in [0.29, 0.717) is 0 Å². The Morgan fingerprint density at radius 3 is 2.94 bits per heavy atom. The van der Waals surface area contributed by atoms with E-state index < -0.39 is 0 Å². The van der Waals surface area contributed by atoms with Crippen LogP contribution in [0.15, 0.2) is 36.7 Å². The number of fused-ring (bicyclic) bond motifs is 2. The first-order chi connectivity index (χ1) is 7.79. The van der Waals surface area contributed by atoms with Crippen LogP contribution < -0.4 is 0 Å². The number of hydrogen-bond acceptors (Lipinski definition) is 1. The van der Waals surface area contributed by atoms with Gasteiger partial charge in [0.2, 0.25) is 0 Å². The predicted octanol–water partition coefficient (Wildman–Crippen LogP) is 3.52. The van der Waals surface area contributed by atoms with E-state index in [-0.39, 0.29) is 0 Å². The molecule has 0 fully saturated rings. The number of aryl methyl sites for hydroxylation is 2. The van der Waals surface area contributed by atoms with E-state index in [1.807, 2.05) is 6.33 Å². The van der Waals surface area contributed by atoms with Gasteiger partial charge in [-0.3, -0.25) is 0 Å². The molecule has 3 rings (SSSR count). The van der Waals surface area contributed by atoms with Crippen LogP contribution in [0.3, 0.4) is 0 Å². The van der Waals surface area contributed by atoms with Gasteiger partial charge in [-0.15, -0.1) is 0 Å². The molecule has 0 bridgehead atoms. The second-order valence-corrected chi connectivity index (χ2v) is 4.17. The molecule has 80 valence electrons. The standard InChI is InChI=1S/C14H14N2/c1-3-16-9-15-13-8-12-10(2)5-4-6-11(12)7-14(13)16/h4-9H,3H2,1-2H3. The lowest BCUT2D eigenvalue weighted by molar-refractivity contribution is 0.787. The molecule has 0 aliphatic heterocycles. The fourth-order valence-electron chi connectivity index (χ4n) is 2.24. The van der Waals surface area contributed by atoms with Gasteiger partial charge in [0.15, 0.2) is 0 Å². The van der Waals surface area contributed by atoms with Gasteiger partial charge in [0.05, 0.1) is 17.4 Å². The van der Waals surface area contributed by atoms with E-state index in [2.05, 4.69) is 53.7 Å². The van der Waals surface area contributed by atoms with Crippen LogP contribution in [0, 0.1) is 6.92 Å². The third kappa shape index (κ3) is 1.23. The van der Waals surface area contributed by atoms with Crippen molar-refractivity contribution in [3.63, 3.8) is 0 Å². The van der Waals surface area contributed by atoms with Gasteiger partial charge in [0.25, 0.3) is 0 Å². The number of hydrogen-bond donors (Lipinski definition) is 0. The molecular weight excluding hydrogens is 196 g/mol. The van der Waals surface area contributed by atoms with Crippen LogP contribution in [0.4, 0.5) is 0 Å². The van der Waals surface area contributed by atoms with E-state index in [1.54, 1.807) is 0 Å². The minimum Gasteiger partial charge on any atom is -0.331 e. The molecular formula is C14H14N2. The highest BCUT2D eigenvalue weighted by Gasteiger charge is 2.04. The molecule has 2 heteroatoms. The lowest BCUT2D eigenvalue weighted by Gasteiger charge is -2.03. The summed E-state index contributed by atoms with van der Waals surface area (Å²) in [5.74, 6) is 0. The Hall–Kier alpha value is -1.83. The molecule has 0 aliphatic carbocycles. The van der Waals surface area contributed by atoms with Crippen molar-refractivity contribution in [3.8, 4) is 0 Å². The Labute approximate surface area is 94.5 Å². The Kier molecular flexibility index (Phi) is 1.96. The Bertz CT molecular complexity index is 665. The Morgan fingerprint density at radius 2 is 2.12 bits per heavy atom. The number of aromatic nitrogens is 2. The number of imidazole rings is 1. The van der Waals surface area contributed by atoms with Crippen LogP contribution in [0.5, 0.6) is 0 Å². The third-order valence-electron chi connectivity index (χ3n) is 3.18. The molecule has 0 atom stereocenters. The maximum absolute atomic E-state index is 4.44. The fraction of sp³-hybridized carbons (Fsp3) is 0.214. The zero-order chi connectivity index (χ0) is 11.1. The van der Waals surface area contributed by atoms with Crippen molar-refractivity contribution in [2.75, 3.05) is 0 Å². The average Bonchev–Trinajstić information content (AvgIpc) is 2.69. The topological polar surface area (TPSA) is 17.8 Å². The summed E-state index contributed by atoms with van der Waals surface area (Å²) in [7, 11) is 0. The number of benzene rings is 2. The van der Waals surface area contributed by atoms with Gasteiger partial charge in [-0.25, -0.2) is 4.98 Å². The average molecular weight is 210 g/mol. The van der Waals surface area contributed by atoms with Crippen LogP contribution >= 0.6 is 0 Å². The first-order valence-electron chi connectivity index (χ1n) is 5.64. The number of rotatable bonds is 1. The van der Waals surface area contributed by atoms with Crippen LogP contribution in [0.2, 0.25) is 0 Å². The molecule has 0 saturated heterocycles. The van der Waals surface area contributed by atoms with Crippen LogP contribution in [-0.4, -0.2) is 9.55 Å². The second-order valence-electron chi connectivity index (χ2n) is 4.17. The van der Waals surface area contributed by atoms with Gasteiger partial charge in [0.1, 0.15) is 0 Å². The molecule has 0 saturated carbocycles. The van der Waals surface area contributed by atoms with Gasteiger partial charge in [-0.05, 0) is 42.3 Å². The van der Waals surface area contributed by atoms with Crippen LogP contribution in [-0.2, 0) is 6.54 Å². The highest BCUT2D eigenvalue weighted by Crippen LogP contribution is 2.24. The molecule has 0 N–H and O–H groups in total. The van der Waals surface area contributed by atoms with Gasteiger partial charge in [-0.1, -0.05) is 18.2 Å². The van der Waals surface area contributed by atoms with Crippen molar-refractivity contribution in [1.82, 2.24) is 9.55 Å². The van der Waals surface area contributed by atoms with Gasteiger partial charge in [-0.2, -0.15) is 0 Å². The predicted molar refractivity (Wildman–Crippen MR) is 67.7 cm³/mol. The lowest BCUT2D eigenvalue weighted by atomic mass is 10.0. The van der Waals surface area contributed by atoms with E-state index in [0.717, 1.165) is 12.1 Å². The quantitative estimate of drug-likeness (QED) is 0.601. The number of nitrogens with zero attached hydrogens (tertiary/aromatic N) is 2. The minimum absolute atomic E-state index is 0.966. The highest BCUT2D eigenvalue weighted by molar-refractivity contribution is 5.96. The molecule has 2 aromatic carbocycles. The highest BCUT2D eigenvalue weighted by atomic mass is 15.0. The van der Waals surface area contributed by atoms with Gasteiger partial charge < -0.3 is 4.57 Å². The Balaban J connectivity index is 2.46. The molecule has 0 radical (unpaired) electrons. The normalized spacial score (nSPS) is 11.4. The zero-order valence-electron chi connectivity index (χ0n) is 9.57. The lowest BCUT2D eigenvalue weighted by Crippen LogP contribution is -1.90. The smallest absolute Gasteiger partial charge is 0.0958 e. The largest absolute Gasteiger partial charge is 0.331 e. The summed E-state index contributed by atoms with van der Waals surface area (Å²) < 4.78 is 2.18.